The van der Waals surface area contributed by atoms with Crippen LogP contribution in [0.15, 0.2) is 41.8 Å². The first-order valence-corrected chi connectivity index (χ1v) is 12.5. The smallest absolute Gasteiger partial charge is 0.328 e. The lowest BCUT2D eigenvalue weighted by Gasteiger charge is -2.41. The number of hydrogen-bond donors (Lipinski definition) is 4. The average Bonchev–Trinajstić information content (AvgIpc) is 3.42. The highest BCUT2D eigenvalue weighted by Gasteiger charge is 2.26. The van der Waals surface area contributed by atoms with Gasteiger partial charge in [-0.25, -0.2) is 4.79 Å². The zero-order valence-corrected chi connectivity index (χ0v) is 19.9. The van der Waals surface area contributed by atoms with Gasteiger partial charge in [0.25, 0.3) is 11.8 Å². The minimum absolute atomic E-state index is 0.202. The van der Waals surface area contributed by atoms with Gasteiger partial charge in [-0.05, 0) is 48.6 Å². The van der Waals surface area contributed by atoms with Crippen LogP contribution in [0.5, 0.6) is 0 Å². The van der Waals surface area contributed by atoms with E-state index in [1.54, 1.807) is 29.6 Å². The Balaban J connectivity index is 1.26. The number of thiophene rings is 1. The van der Waals surface area contributed by atoms with Gasteiger partial charge in [0.2, 0.25) is 0 Å². The summed E-state index contributed by atoms with van der Waals surface area (Å²) < 4.78 is 0. The Morgan fingerprint density at radius 2 is 1.74 bits per heavy atom. The largest absolute Gasteiger partial charge is 0.480 e. The van der Waals surface area contributed by atoms with E-state index in [4.69, 9.17) is 0 Å². The molecule has 2 aliphatic rings. The van der Waals surface area contributed by atoms with Crippen molar-refractivity contribution in [1.82, 2.24) is 20.9 Å². The molecule has 1 aromatic carbocycles. The summed E-state index contributed by atoms with van der Waals surface area (Å²) in [5.74, 6) is -2.05. The lowest BCUT2D eigenvalue weighted by molar-refractivity contribution is -0.139. The SMILES string of the molecule is O=C(NC[C@H](NC(=O)c1cccs1)C(=O)O)c1ccc(N2CCC(N3CCNCC3)CC2)cc1. The lowest BCUT2D eigenvalue weighted by atomic mass is 10.0. The minimum Gasteiger partial charge on any atom is -0.480 e. The first kappa shape index (κ1) is 24.2. The van der Waals surface area contributed by atoms with Gasteiger partial charge in [-0.2, -0.15) is 0 Å². The van der Waals surface area contributed by atoms with Crippen LogP contribution in [0.4, 0.5) is 5.69 Å². The number of amides is 2. The number of carbonyl (C=O) groups excluding carboxylic acids is 2. The molecule has 0 spiro atoms. The monoisotopic (exact) mass is 485 g/mol. The maximum absolute atomic E-state index is 12.6. The number of aliphatic carboxylic acids is 1. The number of anilines is 1. The van der Waals surface area contributed by atoms with Crippen molar-refractivity contribution in [2.24, 2.45) is 0 Å². The molecule has 0 bridgehead atoms. The van der Waals surface area contributed by atoms with E-state index in [2.05, 4.69) is 25.8 Å². The van der Waals surface area contributed by atoms with Crippen LogP contribution in [0.3, 0.4) is 0 Å². The van der Waals surface area contributed by atoms with E-state index in [1.165, 1.54) is 11.3 Å². The van der Waals surface area contributed by atoms with Crippen LogP contribution in [-0.2, 0) is 4.79 Å². The lowest BCUT2D eigenvalue weighted by Crippen LogP contribution is -2.52. The van der Waals surface area contributed by atoms with Crippen molar-refractivity contribution in [2.75, 3.05) is 50.7 Å². The number of nitrogens with one attached hydrogen (secondary N) is 3. The third-order valence-corrected chi connectivity index (χ3v) is 7.31. The summed E-state index contributed by atoms with van der Waals surface area (Å²) in [7, 11) is 0. The van der Waals surface area contributed by atoms with Crippen LogP contribution in [-0.4, -0.2) is 85.7 Å². The molecule has 0 unspecified atom stereocenters. The molecule has 10 heteroatoms. The van der Waals surface area contributed by atoms with Gasteiger partial charge in [-0.1, -0.05) is 6.07 Å². The standard InChI is InChI=1S/C24H31N5O4S/c30-22(26-16-20(24(32)33)27-23(31)21-2-1-15-34-21)17-3-5-18(6-4-17)28-11-7-19(8-12-28)29-13-9-25-10-14-29/h1-6,15,19-20,25H,7-14,16H2,(H,26,30)(H,27,31)(H,32,33)/t20-/m0/s1. The Hall–Kier alpha value is -2.95. The van der Waals surface area contributed by atoms with Gasteiger partial charge in [0.05, 0.1) is 4.88 Å². The number of rotatable bonds is 8. The first-order chi connectivity index (χ1) is 16.5. The molecular weight excluding hydrogens is 454 g/mol. The van der Waals surface area contributed by atoms with E-state index < -0.39 is 17.9 Å². The second-order valence-corrected chi connectivity index (χ2v) is 9.55. The second-order valence-electron chi connectivity index (χ2n) is 8.60. The molecule has 2 amide bonds. The maximum atomic E-state index is 12.6. The van der Waals surface area contributed by atoms with Crippen molar-refractivity contribution < 1.29 is 19.5 Å². The topological polar surface area (TPSA) is 114 Å². The van der Waals surface area contributed by atoms with Crippen molar-refractivity contribution in [1.29, 1.82) is 0 Å². The number of carbonyl (C=O) groups is 3. The average molecular weight is 486 g/mol. The number of piperidine rings is 1. The number of hydrogen-bond acceptors (Lipinski definition) is 7. The number of benzene rings is 1. The van der Waals surface area contributed by atoms with Crippen molar-refractivity contribution in [2.45, 2.75) is 24.9 Å². The molecule has 2 fully saturated rings. The third kappa shape index (κ3) is 6.13. The molecule has 1 atom stereocenters. The Morgan fingerprint density at radius 1 is 1.03 bits per heavy atom. The predicted octanol–water partition coefficient (Wildman–Crippen LogP) is 1.24. The van der Waals surface area contributed by atoms with Crippen LogP contribution < -0.4 is 20.9 Å². The Bertz CT molecular complexity index is 968. The summed E-state index contributed by atoms with van der Waals surface area (Å²) in [4.78, 5) is 41.6. The summed E-state index contributed by atoms with van der Waals surface area (Å²) in [6.45, 7) is 6.15. The van der Waals surface area contributed by atoms with Crippen LogP contribution in [0.1, 0.15) is 32.9 Å². The Morgan fingerprint density at radius 3 is 2.35 bits per heavy atom. The number of piperazine rings is 1. The van der Waals surface area contributed by atoms with Gasteiger partial charge in [-0.15, -0.1) is 11.3 Å². The molecule has 2 aromatic rings. The molecule has 9 nitrogen and oxygen atoms in total. The normalized spacial score (nSPS) is 18.3. The molecule has 2 aliphatic heterocycles. The highest BCUT2D eigenvalue weighted by molar-refractivity contribution is 7.12. The molecule has 34 heavy (non-hydrogen) atoms. The fraction of sp³-hybridized carbons (Fsp3) is 0.458. The first-order valence-electron chi connectivity index (χ1n) is 11.7. The van der Waals surface area contributed by atoms with Crippen molar-refractivity contribution in [3.05, 3.63) is 52.2 Å². The van der Waals surface area contributed by atoms with Gasteiger partial charge in [0.15, 0.2) is 0 Å². The fourth-order valence-corrected chi connectivity index (χ4v) is 5.12. The molecular formula is C24H31N5O4S. The van der Waals surface area contributed by atoms with Crippen molar-refractivity contribution >= 4 is 34.8 Å². The second kappa shape index (κ2) is 11.5. The molecule has 3 heterocycles. The van der Waals surface area contributed by atoms with Crippen molar-refractivity contribution in [3.8, 4) is 0 Å². The highest BCUT2D eigenvalue weighted by Crippen LogP contribution is 2.23. The molecule has 1 aromatic heterocycles. The molecule has 0 aliphatic carbocycles. The predicted molar refractivity (Wildman–Crippen MR) is 132 cm³/mol. The van der Waals surface area contributed by atoms with Crippen LogP contribution >= 0.6 is 11.3 Å². The molecule has 182 valence electrons. The van der Waals surface area contributed by atoms with Gasteiger partial charge in [0, 0.05) is 63.1 Å². The summed E-state index contributed by atoms with van der Waals surface area (Å²) >= 11 is 1.22. The van der Waals surface area contributed by atoms with Crippen LogP contribution in [0, 0.1) is 0 Å². The van der Waals surface area contributed by atoms with E-state index in [0.29, 0.717) is 16.5 Å². The van der Waals surface area contributed by atoms with E-state index in [0.717, 1.165) is 57.8 Å². The molecule has 2 saturated heterocycles. The fourth-order valence-electron chi connectivity index (χ4n) is 4.49. The van der Waals surface area contributed by atoms with E-state index in [-0.39, 0.29) is 12.5 Å². The minimum atomic E-state index is -1.21. The zero-order valence-electron chi connectivity index (χ0n) is 19.0. The van der Waals surface area contributed by atoms with Gasteiger partial charge >= 0.3 is 5.97 Å². The van der Waals surface area contributed by atoms with Crippen molar-refractivity contribution in [3.63, 3.8) is 0 Å². The molecule has 4 N–H and O–H groups in total. The summed E-state index contributed by atoms with van der Waals surface area (Å²) in [5, 5.41) is 19.6. The third-order valence-electron chi connectivity index (χ3n) is 6.44. The van der Waals surface area contributed by atoms with Gasteiger partial charge in [0.1, 0.15) is 6.04 Å². The molecule has 0 radical (unpaired) electrons. The summed E-state index contributed by atoms with van der Waals surface area (Å²) in [5.41, 5.74) is 1.54. The van der Waals surface area contributed by atoms with Gasteiger partial charge < -0.3 is 26.0 Å². The highest BCUT2D eigenvalue weighted by atomic mass is 32.1. The van der Waals surface area contributed by atoms with E-state index in [1.807, 2.05) is 12.1 Å². The number of carboxylic acid groups (broad SMARTS) is 1. The summed E-state index contributed by atoms with van der Waals surface area (Å²) in [6, 6.07) is 10.2. The van der Waals surface area contributed by atoms with Crippen LogP contribution in [0.2, 0.25) is 0 Å². The zero-order chi connectivity index (χ0) is 23.9. The van der Waals surface area contributed by atoms with Gasteiger partial charge in [-0.3, -0.25) is 14.5 Å². The Labute approximate surface area is 203 Å². The van der Waals surface area contributed by atoms with E-state index >= 15 is 0 Å². The number of nitrogens with zero attached hydrogens (tertiary/aromatic N) is 2. The maximum Gasteiger partial charge on any atom is 0.328 e. The van der Waals surface area contributed by atoms with Crippen LogP contribution in [0.25, 0.3) is 0 Å². The quantitative estimate of drug-likeness (QED) is 0.445. The van der Waals surface area contributed by atoms with E-state index in [9.17, 15) is 19.5 Å². The summed E-state index contributed by atoms with van der Waals surface area (Å²) in [6.07, 6.45) is 2.27. The number of carboxylic acids is 1. The molecule has 0 saturated carbocycles. The molecule has 4 rings (SSSR count). The Kier molecular flexibility index (Phi) is 8.15.